The summed E-state index contributed by atoms with van der Waals surface area (Å²) in [4.78, 5) is 36.2. The zero-order valence-electron chi connectivity index (χ0n) is 19.0. The van der Waals surface area contributed by atoms with Crippen molar-refractivity contribution in [2.75, 3.05) is 11.4 Å². The molecule has 5 rings (SSSR count). The highest BCUT2D eigenvalue weighted by molar-refractivity contribution is 5.94. The molecule has 0 aliphatic carbocycles. The van der Waals surface area contributed by atoms with Crippen molar-refractivity contribution in [3.63, 3.8) is 0 Å². The summed E-state index contributed by atoms with van der Waals surface area (Å²) in [5, 5.41) is 2.97. The minimum absolute atomic E-state index is 0.0683. The first-order valence-corrected chi connectivity index (χ1v) is 11.0. The largest absolute Gasteiger partial charge is 0.352 e. The van der Waals surface area contributed by atoms with Gasteiger partial charge in [0.25, 0.3) is 5.91 Å². The molecule has 1 aromatic carbocycles. The molecule has 1 amide bonds. The molecule has 0 unspecified atom stereocenters. The third-order valence-electron chi connectivity index (χ3n) is 6.37. The van der Waals surface area contributed by atoms with Crippen LogP contribution in [0.3, 0.4) is 0 Å². The first-order chi connectivity index (χ1) is 15.9. The van der Waals surface area contributed by atoms with Gasteiger partial charge in [-0.2, -0.15) is 0 Å². The minimum atomic E-state index is -0.174. The molecule has 8 nitrogen and oxygen atoms in total. The van der Waals surface area contributed by atoms with E-state index in [1.165, 1.54) is 5.56 Å². The standard InChI is InChI=1S/C25H26N6O2/c1-16-11-19(14-27-23(16)31-10-8-20-18(15-31)5-4-9-26-20)24(32)28-13-17-6-7-21-22(12-17)30(3)25(33)29(21)2/h4-7,9,11-12,14H,8,10,13,15H2,1-3H3,(H,28,32). The lowest BCUT2D eigenvalue weighted by Gasteiger charge is -2.30. The second-order valence-corrected chi connectivity index (χ2v) is 8.55. The van der Waals surface area contributed by atoms with Crippen LogP contribution in [0.25, 0.3) is 11.0 Å². The Balaban J connectivity index is 1.29. The van der Waals surface area contributed by atoms with Crippen molar-refractivity contribution >= 4 is 22.8 Å². The monoisotopic (exact) mass is 442 g/mol. The van der Waals surface area contributed by atoms with E-state index < -0.39 is 0 Å². The highest BCUT2D eigenvalue weighted by Gasteiger charge is 2.20. The summed E-state index contributed by atoms with van der Waals surface area (Å²) in [5.41, 5.74) is 6.44. The van der Waals surface area contributed by atoms with Gasteiger partial charge in [0.05, 0.1) is 16.6 Å². The van der Waals surface area contributed by atoms with Crippen LogP contribution in [0, 0.1) is 6.92 Å². The molecular weight excluding hydrogens is 416 g/mol. The predicted octanol–water partition coefficient (Wildman–Crippen LogP) is 2.47. The fourth-order valence-corrected chi connectivity index (χ4v) is 4.52. The van der Waals surface area contributed by atoms with Gasteiger partial charge in [-0.05, 0) is 47.9 Å². The highest BCUT2D eigenvalue weighted by atomic mass is 16.2. The molecule has 4 aromatic rings. The van der Waals surface area contributed by atoms with Gasteiger partial charge in [-0.3, -0.25) is 18.9 Å². The number of pyridine rings is 2. The first kappa shape index (κ1) is 20.9. The van der Waals surface area contributed by atoms with E-state index in [1.54, 1.807) is 29.4 Å². The number of rotatable bonds is 4. The molecule has 1 N–H and O–H groups in total. The molecule has 8 heteroatoms. The van der Waals surface area contributed by atoms with Gasteiger partial charge < -0.3 is 10.2 Å². The summed E-state index contributed by atoms with van der Waals surface area (Å²) >= 11 is 0. The molecular formula is C25H26N6O2. The fourth-order valence-electron chi connectivity index (χ4n) is 4.52. The van der Waals surface area contributed by atoms with Crippen LogP contribution in [-0.2, 0) is 33.6 Å². The molecule has 0 spiro atoms. The van der Waals surface area contributed by atoms with E-state index in [9.17, 15) is 9.59 Å². The lowest BCUT2D eigenvalue weighted by molar-refractivity contribution is 0.0950. The van der Waals surface area contributed by atoms with E-state index in [4.69, 9.17) is 0 Å². The zero-order valence-corrected chi connectivity index (χ0v) is 19.0. The molecule has 0 saturated carbocycles. The second kappa shape index (κ2) is 8.20. The van der Waals surface area contributed by atoms with Crippen molar-refractivity contribution in [2.45, 2.75) is 26.4 Å². The van der Waals surface area contributed by atoms with Crippen LogP contribution in [0.5, 0.6) is 0 Å². The third-order valence-corrected chi connectivity index (χ3v) is 6.37. The maximum Gasteiger partial charge on any atom is 0.328 e. The molecule has 3 aromatic heterocycles. The van der Waals surface area contributed by atoms with Gasteiger partial charge in [-0.1, -0.05) is 12.1 Å². The summed E-state index contributed by atoms with van der Waals surface area (Å²) in [5.74, 6) is 0.726. The average Bonchev–Trinajstić information content (AvgIpc) is 3.05. The summed E-state index contributed by atoms with van der Waals surface area (Å²) in [6.07, 6.45) is 4.36. The van der Waals surface area contributed by atoms with Crippen LogP contribution < -0.4 is 15.9 Å². The molecule has 0 radical (unpaired) electrons. The topological polar surface area (TPSA) is 85.0 Å². The molecule has 33 heavy (non-hydrogen) atoms. The van der Waals surface area contributed by atoms with Crippen molar-refractivity contribution in [1.29, 1.82) is 0 Å². The lowest BCUT2D eigenvalue weighted by Crippen LogP contribution is -2.32. The Hall–Kier alpha value is -3.94. The van der Waals surface area contributed by atoms with Gasteiger partial charge in [-0.15, -0.1) is 0 Å². The Kier molecular flexibility index (Phi) is 5.20. The van der Waals surface area contributed by atoms with Crippen LogP contribution in [0.15, 0.2) is 53.6 Å². The Bertz CT molecular complexity index is 1430. The molecule has 0 atom stereocenters. The van der Waals surface area contributed by atoms with Gasteiger partial charge in [0.15, 0.2) is 0 Å². The van der Waals surface area contributed by atoms with Crippen molar-refractivity contribution in [3.8, 4) is 0 Å². The number of fused-ring (bicyclic) bond motifs is 2. The zero-order chi connectivity index (χ0) is 23.1. The van der Waals surface area contributed by atoms with E-state index >= 15 is 0 Å². The number of carbonyl (C=O) groups excluding carboxylic acids is 1. The van der Waals surface area contributed by atoms with Crippen LogP contribution in [-0.4, -0.2) is 31.6 Å². The predicted molar refractivity (Wildman–Crippen MR) is 127 cm³/mol. The highest BCUT2D eigenvalue weighted by Crippen LogP contribution is 2.25. The summed E-state index contributed by atoms with van der Waals surface area (Å²) in [7, 11) is 3.51. The summed E-state index contributed by atoms with van der Waals surface area (Å²) in [6, 6.07) is 11.7. The Morgan fingerprint density at radius 3 is 2.73 bits per heavy atom. The number of imidazole rings is 1. The van der Waals surface area contributed by atoms with Crippen LogP contribution in [0.4, 0.5) is 5.82 Å². The van der Waals surface area contributed by atoms with Crippen molar-refractivity contribution in [1.82, 2.24) is 24.4 Å². The number of hydrogen-bond donors (Lipinski definition) is 1. The van der Waals surface area contributed by atoms with E-state index in [1.807, 2.05) is 43.5 Å². The number of carbonyl (C=O) groups is 1. The number of aryl methyl sites for hydroxylation is 3. The molecule has 4 heterocycles. The maximum atomic E-state index is 12.8. The number of aromatic nitrogens is 4. The van der Waals surface area contributed by atoms with E-state index in [-0.39, 0.29) is 11.6 Å². The summed E-state index contributed by atoms with van der Waals surface area (Å²) < 4.78 is 3.23. The van der Waals surface area contributed by atoms with E-state index in [0.29, 0.717) is 12.1 Å². The lowest BCUT2D eigenvalue weighted by atomic mass is 10.0. The van der Waals surface area contributed by atoms with Crippen molar-refractivity contribution in [2.24, 2.45) is 14.1 Å². The summed E-state index contributed by atoms with van der Waals surface area (Å²) in [6.45, 7) is 3.98. The van der Waals surface area contributed by atoms with E-state index in [2.05, 4.69) is 26.3 Å². The molecule has 1 aliphatic heterocycles. The van der Waals surface area contributed by atoms with Gasteiger partial charge in [0.1, 0.15) is 5.82 Å². The molecule has 1 aliphatic rings. The molecule has 0 fully saturated rings. The number of anilines is 1. The number of hydrogen-bond acceptors (Lipinski definition) is 5. The van der Waals surface area contributed by atoms with Crippen LogP contribution in [0.2, 0.25) is 0 Å². The Morgan fingerprint density at radius 1 is 1.09 bits per heavy atom. The number of amides is 1. The maximum absolute atomic E-state index is 12.8. The van der Waals surface area contributed by atoms with Gasteiger partial charge >= 0.3 is 5.69 Å². The molecule has 0 saturated heterocycles. The number of benzene rings is 1. The molecule has 168 valence electrons. The SMILES string of the molecule is Cc1cc(C(=O)NCc2ccc3c(c2)n(C)c(=O)n3C)cnc1N1CCc2ncccc2C1. The van der Waals surface area contributed by atoms with Gasteiger partial charge in [-0.25, -0.2) is 9.78 Å². The van der Waals surface area contributed by atoms with Crippen LogP contribution >= 0.6 is 0 Å². The van der Waals surface area contributed by atoms with Crippen LogP contribution in [0.1, 0.15) is 32.7 Å². The number of nitrogens with zero attached hydrogens (tertiary/aromatic N) is 5. The quantitative estimate of drug-likeness (QED) is 0.525. The van der Waals surface area contributed by atoms with Gasteiger partial charge in [0, 0.05) is 58.2 Å². The van der Waals surface area contributed by atoms with Gasteiger partial charge in [0.2, 0.25) is 0 Å². The molecule has 0 bridgehead atoms. The smallest absolute Gasteiger partial charge is 0.328 e. The van der Waals surface area contributed by atoms with E-state index in [0.717, 1.165) is 53.2 Å². The van der Waals surface area contributed by atoms with Crippen molar-refractivity contribution < 1.29 is 4.79 Å². The van der Waals surface area contributed by atoms with Crippen molar-refractivity contribution in [3.05, 3.63) is 87.2 Å². The fraction of sp³-hybridized carbons (Fsp3) is 0.280. The third kappa shape index (κ3) is 3.77. The first-order valence-electron chi connectivity index (χ1n) is 11.0. The average molecular weight is 443 g/mol. The Labute approximate surface area is 191 Å². The second-order valence-electron chi connectivity index (χ2n) is 8.55. The Morgan fingerprint density at radius 2 is 1.91 bits per heavy atom. The minimum Gasteiger partial charge on any atom is -0.352 e. The normalized spacial score (nSPS) is 13.2. The number of nitrogens with one attached hydrogen (secondary N) is 1.